The van der Waals surface area contributed by atoms with Crippen molar-refractivity contribution >= 4 is 51.0 Å². The lowest BCUT2D eigenvalue weighted by Crippen LogP contribution is -2.27. The number of esters is 1. The third-order valence-corrected chi connectivity index (χ3v) is 6.64. The van der Waals surface area contributed by atoms with Gasteiger partial charge in [-0.15, -0.1) is 0 Å². The number of thioether (sulfide) groups is 1. The van der Waals surface area contributed by atoms with E-state index in [1.54, 1.807) is 30.3 Å². The molecule has 0 saturated heterocycles. The number of methoxy groups -OCH3 is 1. The highest BCUT2D eigenvalue weighted by Crippen LogP contribution is 2.28. The van der Waals surface area contributed by atoms with Crippen LogP contribution in [0.1, 0.15) is 15.9 Å². The summed E-state index contributed by atoms with van der Waals surface area (Å²) in [5, 5.41) is 1.16. The first-order valence-electron chi connectivity index (χ1n) is 7.54. The van der Waals surface area contributed by atoms with E-state index < -0.39 is 16.0 Å². The van der Waals surface area contributed by atoms with Crippen molar-refractivity contribution in [2.24, 2.45) is 0 Å². The van der Waals surface area contributed by atoms with Crippen LogP contribution in [0.15, 0.2) is 47.4 Å². The van der Waals surface area contributed by atoms with E-state index in [1.807, 2.05) is 0 Å². The van der Waals surface area contributed by atoms with Gasteiger partial charge >= 0.3 is 5.97 Å². The fraction of sp³-hybridized carbons (Fsp3) is 0.235. The molecule has 1 N–H and O–H groups in total. The van der Waals surface area contributed by atoms with Crippen LogP contribution in [0.2, 0.25) is 10.0 Å². The standard InChI is InChI=1S/C17H17Cl2NO4S2/c1-24-17(21)12-5-2-3-8-16(12)26(22,23)20-9-10-25-11-13-14(18)6-4-7-15(13)19/h2-8,20H,9-11H2,1H3. The van der Waals surface area contributed by atoms with Crippen molar-refractivity contribution in [2.45, 2.75) is 10.6 Å². The Balaban J connectivity index is 1.94. The molecule has 0 aliphatic rings. The molecule has 0 atom stereocenters. The molecule has 0 saturated carbocycles. The number of sulfonamides is 1. The summed E-state index contributed by atoms with van der Waals surface area (Å²) >= 11 is 13.7. The van der Waals surface area contributed by atoms with Gasteiger partial charge in [0.2, 0.25) is 10.0 Å². The molecule has 2 aromatic rings. The third kappa shape index (κ3) is 5.37. The zero-order chi connectivity index (χ0) is 19.2. The summed E-state index contributed by atoms with van der Waals surface area (Å²) in [6, 6.07) is 11.2. The Morgan fingerprint density at radius 2 is 1.77 bits per heavy atom. The SMILES string of the molecule is COC(=O)c1ccccc1S(=O)(=O)NCCSCc1c(Cl)cccc1Cl. The van der Waals surface area contributed by atoms with Crippen molar-refractivity contribution in [3.8, 4) is 0 Å². The maximum atomic E-state index is 12.4. The molecule has 9 heteroatoms. The maximum Gasteiger partial charge on any atom is 0.339 e. The summed E-state index contributed by atoms with van der Waals surface area (Å²) in [4.78, 5) is 11.6. The molecule has 0 aliphatic carbocycles. The van der Waals surface area contributed by atoms with Gasteiger partial charge in [0, 0.05) is 28.1 Å². The summed E-state index contributed by atoms with van der Waals surface area (Å²) in [5.74, 6) is 0.383. The Bertz CT molecular complexity index is 868. The zero-order valence-electron chi connectivity index (χ0n) is 13.9. The fourth-order valence-electron chi connectivity index (χ4n) is 2.15. The van der Waals surface area contributed by atoms with Crippen LogP contribution in [0.5, 0.6) is 0 Å². The van der Waals surface area contributed by atoms with E-state index in [0.717, 1.165) is 5.56 Å². The van der Waals surface area contributed by atoms with Gasteiger partial charge in [0.05, 0.1) is 17.6 Å². The quantitative estimate of drug-likeness (QED) is 0.503. The summed E-state index contributed by atoms with van der Waals surface area (Å²) in [5.41, 5.74) is 0.817. The van der Waals surface area contributed by atoms with Crippen molar-refractivity contribution in [3.05, 3.63) is 63.6 Å². The van der Waals surface area contributed by atoms with Gasteiger partial charge in [-0.3, -0.25) is 0 Å². The first-order chi connectivity index (χ1) is 12.4. The lowest BCUT2D eigenvalue weighted by atomic mass is 10.2. The number of rotatable bonds is 8. The van der Waals surface area contributed by atoms with Gasteiger partial charge in [0.15, 0.2) is 0 Å². The topological polar surface area (TPSA) is 72.5 Å². The minimum Gasteiger partial charge on any atom is -0.465 e. The van der Waals surface area contributed by atoms with Crippen molar-refractivity contribution in [2.75, 3.05) is 19.4 Å². The molecule has 0 amide bonds. The van der Waals surface area contributed by atoms with Gasteiger partial charge in [0.1, 0.15) is 0 Å². The van der Waals surface area contributed by atoms with Gasteiger partial charge in [-0.2, -0.15) is 11.8 Å². The predicted molar refractivity (Wildman–Crippen MR) is 106 cm³/mol. The van der Waals surface area contributed by atoms with Crippen LogP contribution in [-0.2, 0) is 20.5 Å². The van der Waals surface area contributed by atoms with Gasteiger partial charge < -0.3 is 4.74 Å². The highest BCUT2D eigenvalue weighted by Gasteiger charge is 2.22. The number of carbonyl (C=O) groups excluding carboxylic acids is 1. The van der Waals surface area contributed by atoms with E-state index in [2.05, 4.69) is 9.46 Å². The van der Waals surface area contributed by atoms with Crippen LogP contribution in [0.25, 0.3) is 0 Å². The Morgan fingerprint density at radius 3 is 2.42 bits per heavy atom. The Labute approximate surface area is 167 Å². The molecule has 0 fully saturated rings. The zero-order valence-corrected chi connectivity index (χ0v) is 17.0. The summed E-state index contributed by atoms with van der Waals surface area (Å²) in [6.45, 7) is 0.199. The minimum absolute atomic E-state index is 0.00185. The monoisotopic (exact) mass is 433 g/mol. The Hall–Kier alpha value is -1.25. The average molecular weight is 434 g/mol. The van der Waals surface area contributed by atoms with E-state index in [0.29, 0.717) is 21.6 Å². The molecule has 0 aromatic heterocycles. The molecule has 26 heavy (non-hydrogen) atoms. The maximum absolute atomic E-state index is 12.4. The number of halogens is 2. The fourth-order valence-corrected chi connectivity index (χ4v) is 5.10. The van der Waals surface area contributed by atoms with Crippen molar-refractivity contribution in [1.29, 1.82) is 0 Å². The molecular formula is C17H17Cl2NO4S2. The minimum atomic E-state index is -3.82. The average Bonchev–Trinajstić information content (AvgIpc) is 2.63. The van der Waals surface area contributed by atoms with Gasteiger partial charge in [-0.25, -0.2) is 17.9 Å². The van der Waals surface area contributed by atoms with E-state index in [-0.39, 0.29) is 17.0 Å². The number of benzene rings is 2. The molecular weight excluding hydrogens is 417 g/mol. The Morgan fingerprint density at radius 1 is 1.12 bits per heavy atom. The summed E-state index contributed by atoms with van der Waals surface area (Å²) in [6.07, 6.45) is 0. The lowest BCUT2D eigenvalue weighted by Gasteiger charge is -2.10. The normalized spacial score (nSPS) is 11.3. The first-order valence-corrected chi connectivity index (χ1v) is 10.9. The third-order valence-electron chi connectivity index (χ3n) is 3.43. The van der Waals surface area contributed by atoms with Gasteiger partial charge in [-0.1, -0.05) is 41.4 Å². The number of hydrogen-bond donors (Lipinski definition) is 1. The van der Waals surface area contributed by atoms with E-state index in [9.17, 15) is 13.2 Å². The number of carbonyl (C=O) groups is 1. The molecule has 0 aliphatic heterocycles. The summed E-state index contributed by atoms with van der Waals surface area (Å²) in [7, 11) is -2.62. The van der Waals surface area contributed by atoms with Gasteiger partial charge in [0.25, 0.3) is 0 Å². The van der Waals surface area contributed by atoms with Crippen LogP contribution in [0, 0.1) is 0 Å². The second-order valence-corrected chi connectivity index (χ2v) is 8.79. The van der Waals surface area contributed by atoms with E-state index >= 15 is 0 Å². The number of ether oxygens (including phenoxy) is 1. The molecule has 2 rings (SSSR count). The molecule has 0 heterocycles. The predicted octanol–water partition coefficient (Wildman–Crippen LogP) is 3.99. The highest BCUT2D eigenvalue weighted by atomic mass is 35.5. The molecule has 0 spiro atoms. The van der Waals surface area contributed by atoms with Crippen LogP contribution < -0.4 is 4.72 Å². The number of nitrogens with one attached hydrogen (secondary N) is 1. The van der Waals surface area contributed by atoms with Crippen LogP contribution in [0.4, 0.5) is 0 Å². The second-order valence-electron chi connectivity index (χ2n) is 5.14. The lowest BCUT2D eigenvalue weighted by molar-refractivity contribution is 0.0596. The highest BCUT2D eigenvalue weighted by molar-refractivity contribution is 7.98. The number of hydrogen-bond acceptors (Lipinski definition) is 5. The smallest absolute Gasteiger partial charge is 0.339 e. The van der Waals surface area contributed by atoms with Crippen LogP contribution in [-0.4, -0.2) is 33.8 Å². The van der Waals surface area contributed by atoms with E-state index in [4.69, 9.17) is 23.2 Å². The first kappa shape index (κ1) is 21.1. The second kappa shape index (κ2) is 9.62. The van der Waals surface area contributed by atoms with E-state index in [1.165, 1.54) is 31.0 Å². The molecule has 140 valence electrons. The molecule has 0 bridgehead atoms. The summed E-state index contributed by atoms with van der Waals surface area (Å²) < 4.78 is 32.0. The molecule has 5 nitrogen and oxygen atoms in total. The van der Waals surface area contributed by atoms with Crippen LogP contribution in [0.3, 0.4) is 0 Å². The van der Waals surface area contributed by atoms with Gasteiger partial charge in [-0.05, 0) is 29.8 Å². The van der Waals surface area contributed by atoms with Crippen molar-refractivity contribution in [3.63, 3.8) is 0 Å². The molecule has 0 unspecified atom stereocenters. The van der Waals surface area contributed by atoms with Crippen molar-refractivity contribution in [1.82, 2.24) is 4.72 Å². The van der Waals surface area contributed by atoms with Crippen molar-refractivity contribution < 1.29 is 17.9 Å². The molecule has 2 aromatic carbocycles. The van der Waals surface area contributed by atoms with Crippen LogP contribution >= 0.6 is 35.0 Å². The largest absolute Gasteiger partial charge is 0.465 e. The Kier molecular flexibility index (Phi) is 7.79. The molecule has 0 radical (unpaired) electrons.